The summed E-state index contributed by atoms with van der Waals surface area (Å²) in [6.07, 6.45) is 6.18. The van der Waals surface area contributed by atoms with Gasteiger partial charge in [0.25, 0.3) is 5.91 Å². The standard InChI is InChI=1S/C32H32Cl2N2O3S/c1-32(2,3)22-10-12-25-28(16-22)40-31(29(25)30(37)35-18-24-8-6-14-38-24)36-17-21-15-23(33)11-13-27(21)39-19-20-7-4-5-9-26(20)34/h4-9,11,13-15,17,22H,10,12,16,18-19H2,1-3H3,(H,35,37)/t22-/m1/s1. The molecule has 2 heterocycles. The zero-order valence-corrected chi connectivity index (χ0v) is 25.1. The van der Waals surface area contributed by atoms with Crippen LogP contribution in [0.1, 0.15) is 64.9 Å². The first kappa shape index (κ1) is 28.5. The van der Waals surface area contributed by atoms with E-state index in [1.165, 1.54) is 4.88 Å². The third kappa shape index (κ3) is 6.63. The van der Waals surface area contributed by atoms with Crippen LogP contribution < -0.4 is 10.1 Å². The van der Waals surface area contributed by atoms with Crippen molar-refractivity contribution in [3.8, 4) is 5.75 Å². The Hall–Kier alpha value is -3.06. The molecule has 5 nitrogen and oxygen atoms in total. The predicted molar refractivity (Wildman–Crippen MR) is 164 cm³/mol. The molecule has 1 aliphatic carbocycles. The fourth-order valence-corrected chi connectivity index (χ4v) is 6.59. The molecule has 0 bridgehead atoms. The van der Waals surface area contributed by atoms with Crippen LogP contribution in [0, 0.1) is 11.3 Å². The number of amides is 1. The van der Waals surface area contributed by atoms with Crippen molar-refractivity contribution in [2.24, 2.45) is 16.3 Å². The molecule has 1 atom stereocenters. The number of thiophene rings is 1. The van der Waals surface area contributed by atoms with Gasteiger partial charge in [0.1, 0.15) is 23.1 Å². The van der Waals surface area contributed by atoms with E-state index >= 15 is 0 Å². The molecule has 4 aromatic rings. The summed E-state index contributed by atoms with van der Waals surface area (Å²) in [5.41, 5.74) is 3.56. The lowest BCUT2D eigenvalue weighted by Crippen LogP contribution is -2.28. The van der Waals surface area contributed by atoms with Crippen LogP contribution in [0.15, 0.2) is 70.3 Å². The van der Waals surface area contributed by atoms with E-state index in [9.17, 15) is 4.79 Å². The number of furan rings is 1. The van der Waals surface area contributed by atoms with Gasteiger partial charge in [0.05, 0.1) is 18.4 Å². The molecule has 208 valence electrons. The van der Waals surface area contributed by atoms with Crippen LogP contribution in [0.3, 0.4) is 0 Å². The van der Waals surface area contributed by atoms with Crippen LogP contribution >= 0.6 is 34.5 Å². The number of ether oxygens (including phenoxy) is 1. The molecule has 5 rings (SSSR count). The van der Waals surface area contributed by atoms with Crippen molar-refractivity contribution < 1.29 is 13.9 Å². The van der Waals surface area contributed by atoms with Crippen molar-refractivity contribution in [1.29, 1.82) is 0 Å². The van der Waals surface area contributed by atoms with Crippen molar-refractivity contribution in [2.75, 3.05) is 0 Å². The average Bonchev–Trinajstić information content (AvgIpc) is 3.57. The lowest BCUT2D eigenvalue weighted by Gasteiger charge is -2.33. The number of rotatable bonds is 8. The number of halogens is 2. The Kier molecular flexibility index (Phi) is 8.69. The van der Waals surface area contributed by atoms with Gasteiger partial charge in [0.2, 0.25) is 0 Å². The summed E-state index contributed by atoms with van der Waals surface area (Å²) in [6, 6.07) is 16.7. The number of nitrogens with zero attached hydrogens (tertiary/aromatic N) is 1. The second-order valence-electron chi connectivity index (χ2n) is 11.1. The fourth-order valence-electron chi connectivity index (χ4n) is 4.96. The Labute approximate surface area is 249 Å². The maximum absolute atomic E-state index is 13.5. The molecule has 0 fully saturated rings. The molecule has 1 aliphatic rings. The predicted octanol–water partition coefficient (Wildman–Crippen LogP) is 9.06. The number of carbonyl (C=O) groups excluding carboxylic acids is 1. The number of aliphatic imine (C=N–C) groups is 1. The summed E-state index contributed by atoms with van der Waals surface area (Å²) in [6.45, 7) is 7.49. The number of fused-ring (bicyclic) bond motifs is 1. The molecule has 0 radical (unpaired) electrons. The molecule has 2 aromatic carbocycles. The van der Waals surface area contributed by atoms with Gasteiger partial charge in [-0.25, -0.2) is 4.99 Å². The zero-order valence-electron chi connectivity index (χ0n) is 22.8. The Morgan fingerprint density at radius 2 is 2.00 bits per heavy atom. The number of hydrogen-bond donors (Lipinski definition) is 1. The van der Waals surface area contributed by atoms with Crippen LogP contribution in [0.5, 0.6) is 5.75 Å². The van der Waals surface area contributed by atoms with Crippen LogP contribution in [0.4, 0.5) is 5.00 Å². The van der Waals surface area contributed by atoms with E-state index < -0.39 is 0 Å². The summed E-state index contributed by atoms with van der Waals surface area (Å²) in [5.74, 6) is 1.74. The molecular formula is C32H32Cl2N2O3S. The molecule has 1 N–H and O–H groups in total. The van der Waals surface area contributed by atoms with E-state index in [4.69, 9.17) is 37.3 Å². The van der Waals surface area contributed by atoms with E-state index in [2.05, 4.69) is 26.1 Å². The zero-order chi connectivity index (χ0) is 28.3. The van der Waals surface area contributed by atoms with Crippen LogP contribution in [-0.4, -0.2) is 12.1 Å². The monoisotopic (exact) mass is 594 g/mol. The lowest BCUT2D eigenvalue weighted by molar-refractivity contribution is 0.0947. The average molecular weight is 596 g/mol. The summed E-state index contributed by atoms with van der Waals surface area (Å²) >= 11 is 14.3. The number of benzene rings is 2. The Balaban J connectivity index is 1.45. The van der Waals surface area contributed by atoms with Gasteiger partial charge in [0.15, 0.2) is 0 Å². The third-order valence-corrected chi connectivity index (χ3v) is 9.10. The number of carbonyl (C=O) groups is 1. The molecule has 0 saturated carbocycles. The summed E-state index contributed by atoms with van der Waals surface area (Å²) in [7, 11) is 0. The highest BCUT2D eigenvalue weighted by Gasteiger charge is 2.33. The van der Waals surface area contributed by atoms with Crippen LogP contribution in [-0.2, 0) is 26.0 Å². The van der Waals surface area contributed by atoms with Gasteiger partial charge in [-0.2, -0.15) is 0 Å². The molecule has 2 aromatic heterocycles. The van der Waals surface area contributed by atoms with Crippen LogP contribution in [0.25, 0.3) is 0 Å². The molecule has 0 saturated heterocycles. The van der Waals surface area contributed by atoms with Gasteiger partial charge in [0, 0.05) is 32.3 Å². The van der Waals surface area contributed by atoms with Crippen molar-refractivity contribution >= 4 is 51.7 Å². The molecule has 0 spiro atoms. The van der Waals surface area contributed by atoms with E-state index in [1.54, 1.807) is 29.9 Å². The first-order valence-corrected chi connectivity index (χ1v) is 14.9. The number of nitrogens with one attached hydrogen (secondary N) is 1. The molecule has 8 heteroatoms. The minimum Gasteiger partial charge on any atom is -0.488 e. The van der Waals surface area contributed by atoms with Crippen molar-refractivity contribution in [3.63, 3.8) is 0 Å². The van der Waals surface area contributed by atoms with E-state index in [-0.39, 0.29) is 11.3 Å². The molecular weight excluding hydrogens is 563 g/mol. The second-order valence-corrected chi connectivity index (χ2v) is 13.0. The number of hydrogen-bond acceptors (Lipinski definition) is 5. The summed E-state index contributed by atoms with van der Waals surface area (Å²) in [4.78, 5) is 19.6. The minimum absolute atomic E-state index is 0.142. The minimum atomic E-state index is -0.142. The van der Waals surface area contributed by atoms with Crippen LogP contribution in [0.2, 0.25) is 10.0 Å². The highest BCUT2D eigenvalue weighted by Crippen LogP contribution is 2.45. The third-order valence-electron chi connectivity index (χ3n) is 7.34. The molecule has 40 heavy (non-hydrogen) atoms. The Morgan fingerprint density at radius 1 is 1.18 bits per heavy atom. The Bertz CT molecular complexity index is 1520. The van der Waals surface area contributed by atoms with Gasteiger partial charge < -0.3 is 14.5 Å². The van der Waals surface area contributed by atoms with E-state index in [0.29, 0.717) is 51.2 Å². The normalized spacial score (nSPS) is 15.3. The van der Waals surface area contributed by atoms with Crippen molar-refractivity contribution in [3.05, 3.63) is 104 Å². The topological polar surface area (TPSA) is 63.8 Å². The van der Waals surface area contributed by atoms with E-state index in [1.807, 2.05) is 48.5 Å². The maximum atomic E-state index is 13.5. The second kappa shape index (κ2) is 12.2. The van der Waals surface area contributed by atoms with Gasteiger partial charge >= 0.3 is 0 Å². The SMILES string of the molecule is CC(C)(C)[C@@H]1CCc2c(sc(N=Cc3cc(Cl)ccc3OCc3ccccc3Cl)c2C(=O)NCc2ccco2)C1. The Morgan fingerprint density at radius 3 is 2.75 bits per heavy atom. The largest absolute Gasteiger partial charge is 0.488 e. The first-order valence-electron chi connectivity index (χ1n) is 13.3. The molecule has 0 aliphatic heterocycles. The van der Waals surface area contributed by atoms with Gasteiger partial charge in [-0.05, 0) is 72.6 Å². The molecule has 0 unspecified atom stereocenters. The summed E-state index contributed by atoms with van der Waals surface area (Å²) < 4.78 is 11.5. The van der Waals surface area contributed by atoms with E-state index in [0.717, 1.165) is 36.0 Å². The fraction of sp³-hybridized carbons (Fsp3) is 0.312. The smallest absolute Gasteiger partial charge is 0.255 e. The highest BCUT2D eigenvalue weighted by molar-refractivity contribution is 7.16. The van der Waals surface area contributed by atoms with Gasteiger partial charge in [-0.15, -0.1) is 11.3 Å². The highest BCUT2D eigenvalue weighted by atomic mass is 35.5. The lowest BCUT2D eigenvalue weighted by atomic mass is 9.72. The van der Waals surface area contributed by atoms with Crippen molar-refractivity contribution in [2.45, 2.75) is 53.2 Å². The maximum Gasteiger partial charge on any atom is 0.255 e. The van der Waals surface area contributed by atoms with Gasteiger partial charge in [-0.1, -0.05) is 62.2 Å². The van der Waals surface area contributed by atoms with Gasteiger partial charge in [-0.3, -0.25) is 4.79 Å². The molecule has 1 amide bonds. The van der Waals surface area contributed by atoms with Crippen molar-refractivity contribution in [1.82, 2.24) is 5.32 Å². The summed E-state index contributed by atoms with van der Waals surface area (Å²) in [5, 5.41) is 4.93. The quantitative estimate of drug-likeness (QED) is 0.207. The first-order chi connectivity index (χ1) is 19.2.